The fourth-order valence-electron chi connectivity index (χ4n) is 4.87. The lowest BCUT2D eigenvalue weighted by molar-refractivity contribution is -0.143. The Kier molecular flexibility index (Phi) is 8.40. The molecule has 10 heteroatoms. The van der Waals surface area contributed by atoms with Crippen LogP contribution in [0.3, 0.4) is 0 Å². The van der Waals surface area contributed by atoms with Crippen LogP contribution in [0.2, 0.25) is 0 Å². The molecule has 1 aliphatic rings. The van der Waals surface area contributed by atoms with Crippen LogP contribution in [0, 0.1) is 0 Å². The van der Waals surface area contributed by atoms with Gasteiger partial charge in [-0.15, -0.1) is 0 Å². The van der Waals surface area contributed by atoms with Crippen molar-refractivity contribution < 1.29 is 33.5 Å². The number of carboxylic acids is 1. The Morgan fingerprint density at radius 3 is 2.24 bits per heavy atom. The largest absolute Gasteiger partial charge is 0.480 e. The number of alkyl carbamates (subject to hydrolysis) is 1. The molecule has 2 atom stereocenters. The molecule has 0 fully saturated rings. The van der Waals surface area contributed by atoms with Gasteiger partial charge in [0, 0.05) is 5.92 Å². The van der Waals surface area contributed by atoms with Crippen molar-refractivity contribution in [2.45, 2.75) is 38.1 Å². The second kappa shape index (κ2) is 12.5. The molecular weight excluding hydrogens is 526 g/mol. The lowest BCUT2D eigenvalue weighted by Crippen LogP contribution is -2.48. The SMILES string of the molecule is C[C@H](OCc1ccccc1)[C@@H](NC(=O)c1conc1CNC(=O)OCC1c2ccccc2-c2ccccc21)C(=O)O. The molecule has 0 saturated carbocycles. The summed E-state index contributed by atoms with van der Waals surface area (Å²) in [5, 5.41) is 18.5. The monoisotopic (exact) mass is 555 g/mol. The molecule has 1 heterocycles. The van der Waals surface area contributed by atoms with E-state index in [0.29, 0.717) is 0 Å². The topological polar surface area (TPSA) is 140 Å². The third-order valence-electron chi connectivity index (χ3n) is 7.01. The van der Waals surface area contributed by atoms with Gasteiger partial charge in [0.2, 0.25) is 0 Å². The van der Waals surface area contributed by atoms with Crippen LogP contribution in [0.5, 0.6) is 0 Å². The number of hydrogen-bond donors (Lipinski definition) is 3. The summed E-state index contributed by atoms with van der Waals surface area (Å²) in [5.74, 6) is -2.08. The van der Waals surface area contributed by atoms with Gasteiger partial charge in [0.1, 0.15) is 24.1 Å². The number of carbonyl (C=O) groups is 3. The van der Waals surface area contributed by atoms with Crippen LogP contribution in [0.4, 0.5) is 4.79 Å². The van der Waals surface area contributed by atoms with Crippen molar-refractivity contribution in [1.82, 2.24) is 15.8 Å². The van der Waals surface area contributed by atoms with E-state index in [0.717, 1.165) is 34.1 Å². The number of carboxylic acid groups (broad SMARTS) is 1. The number of benzene rings is 3. The molecule has 210 valence electrons. The molecular formula is C31H29N3O7. The zero-order valence-electron chi connectivity index (χ0n) is 22.3. The van der Waals surface area contributed by atoms with Crippen molar-refractivity contribution in [1.29, 1.82) is 0 Å². The van der Waals surface area contributed by atoms with Crippen LogP contribution < -0.4 is 10.6 Å². The van der Waals surface area contributed by atoms with Crippen molar-refractivity contribution in [2.24, 2.45) is 0 Å². The highest BCUT2D eigenvalue weighted by Crippen LogP contribution is 2.44. The Hall–Kier alpha value is -4.96. The molecule has 41 heavy (non-hydrogen) atoms. The smallest absolute Gasteiger partial charge is 0.407 e. The van der Waals surface area contributed by atoms with Crippen LogP contribution in [0.1, 0.15) is 45.6 Å². The maximum Gasteiger partial charge on any atom is 0.407 e. The van der Waals surface area contributed by atoms with Crippen molar-refractivity contribution in [3.63, 3.8) is 0 Å². The van der Waals surface area contributed by atoms with Gasteiger partial charge in [-0.25, -0.2) is 9.59 Å². The number of carbonyl (C=O) groups excluding carboxylic acids is 2. The van der Waals surface area contributed by atoms with E-state index in [-0.39, 0.29) is 36.9 Å². The third-order valence-corrected chi connectivity index (χ3v) is 7.01. The van der Waals surface area contributed by atoms with Gasteiger partial charge in [-0.2, -0.15) is 0 Å². The van der Waals surface area contributed by atoms with E-state index >= 15 is 0 Å². The zero-order valence-corrected chi connectivity index (χ0v) is 22.3. The predicted octanol–water partition coefficient (Wildman–Crippen LogP) is 4.50. The molecule has 10 nitrogen and oxygen atoms in total. The molecule has 0 unspecified atom stereocenters. The summed E-state index contributed by atoms with van der Waals surface area (Å²) in [6, 6.07) is 24.0. The number of aliphatic carboxylic acids is 1. The van der Waals surface area contributed by atoms with Crippen LogP contribution in [0.25, 0.3) is 11.1 Å². The van der Waals surface area contributed by atoms with Crippen LogP contribution in [0.15, 0.2) is 89.6 Å². The molecule has 4 aromatic rings. The maximum absolute atomic E-state index is 12.9. The molecule has 3 N–H and O–H groups in total. The lowest BCUT2D eigenvalue weighted by Gasteiger charge is -2.22. The minimum atomic E-state index is -1.33. The van der Waals surface area contributed by atoms with Crippen molar-refractivity contribution >= 4 is 18.0 Å². The van der Waals surface area contributed by atoms with Gasteiger partial charge in [-0.05, 0) is 34.7 Å². The first-order valence-electron chi connectivity index (χ1n) is 13.1. The lowest BCUT2D eigenvalue weighted by atomic mass is 9.98. The summed E-state index contributed by atoms with van der Waals surface area (Å²) >= 11 is 0. The van der Waals surface area contributed by atoms with Gasteiger partial charge in [0.05, 0.1) is 19.3 Å². The Bertz CT molecular complexity index is 1490. The maximum atomic E-state index is 12.9. The molecule has 0 radical (unpaired) electrons. The first kappa shape index (κ1) is 27.6. The average Bonchev–Trinajstić information content (AvgIpc) is 3.59. The molecule has 0 saturated heterocycles. The van der Waals surface area contributed by atoms with Crippen LogP contribution >= 0.6 is 0 Å². The standard InChI is InChI=1S/C31H29N3O7/c1-19(39-16-20-9-3-2-4-10-20)28(30(36)37)33-29(35)26-18-41-34-27(26)15-32-31(38)40-17-25-23-13-7-5-11-21(23)22-12-6-8-14-24(22)25/h2-14,18-19,25,28H,15-17H2,1H3,(H,32,38)(H,33,35)(H,36,37)/t19-,28+/m0/s1. The van der Waals surface area contributed by atoms with Gasteiger partial charge < -0.3 is 29.7 Å². The number of aromatic nitrogens is 1. The summed E-state index contributed by atoms with van der Waals surface area (Å²) in [6.45, 7) is 1.72. The molecule has 0 bridgehead atoms. The van der Waals surface area contributed by atoms with Crippen molar-refractivity contribution in [3.05, 3.63) is 113 Å². The van der Waals surface area contributed by atoms with Gasteiger partial charge in [-0.3, -0.25) is 4.79 Å². The summed E-state index contributed by atoms with van der Waals surface area (Å²) < 4.78 is 16.2. The normalized spacial score (nSPS) is 13.5. The van der Waals surface area contributed by atoms with Gasteiger partial charge in [0.25, 0.3) is 5.91 Å². The highest BCUT2D eigenvalue weighted by molar-refractivity contribution is 5.97. The van der Waals surface area contributed by atoms with E-state index in [4.69, 9.17) is 14.0 Å². The fourth-order valence-corrected chi connectivity index (χ4v) is 4.87. The fraction of sp³-hybridized carbons (Fsp3) is 0.226. The quantitative estimate of drug-likeness (QED) is 0.246. The zero-order chi connectivity index (χ0) is 28.8. The second-order valence-corrected chi connectivity index (χ2v) is 9.65. The Morgan fingerprint density at radius 2 is 1.59 bits per heavy atom. The van der Waals surface area contributed by atoms with E-state index in [9.17, 15) is 19.5 Å². The minimum absolute atomic E-state index is 0.00884. The molecule has 0 spiro atoms. The second-order valence-electron chi connectivity index (χ2n) is 9.65. The van der Waals surface area contributed by atoms with Crippen molar-refractivity contribution in [3.8, 4) is 11.1 Å². The highest BCUT2D eigenvalue weighted by Gasteiger charge is 2.31. The van der Waals surface area contributed by atoms with Crippen LogP contribution in [-0.2, 0) is 27.4 Å². The van der Waals surface area contributed by atoms with Crippen LogP contribution in [-0.4, -0.2) is 47.0 Å². The molecule has 1 aromatic heterocycles. The summed E-state index contributed by atoms with van der Waals surface area (Å²) in [4.78, 5) is 37.4. The number of nitrogens with one attached hydrogen (secondary N) is 2. The molecule has 3 aromatic carbocycles. The number of amides is 2. The predicted molar refractivity (Wildman–Crippen MR) is 148 cm³/mol. The number of ether oxygens (including phenoxy) is 2. The van der Waals surface area contributed by atoms with E-state index in [2.05, 4.69) is 27.9 Å². The van der Waals surface area contributed by atoms with E-state index in [1.807, 2.05) is 66.7 Å². The Balaban J connectivity index is 1.15. The summed E-state index contributed by atoms with van der Waals surface area (Å²) in [7, 11) is 0. The molecule has 0 aliphatic heterocycles. The Labute approximate surface area is 236 Å². The van der Waals surface area contributed by atoms with E-state index in [1.54, 1.807) is 6.92 Å². The van der Waals surface area contributed by atoms with Crippen molar-refractivity contribution in [2.75, 3.05) is 6.61 Å². The average molecular weight is 556 g/mol. The number of nitrogens with zero attached hydrogens (tertiary/aromatic N) is 1. The molecule has 2 amide bonds. The van der Waals surface area contributed by atoms with Gasteiger partial charge in [0.15, 0.2) is 6.04 Å². The van der Waals surface area contributed by atoms with Gasteiger partial charge >= 0.3 is 12.1 Å². The number of fused-ring (bicyclic) bond motifs is 3. The summed E-state index contributed by atoms with van der Waals surface area (Å²) in [6.07, 6.45) is -0.426. The Morgan fingerprint density at radius 1 is 0.951 bits per heavy atom. The number of rotatable bonds is 11. The van der Waals surface area contributed by atoms with E-state index in [1.165, 1.54) is 0 Å². The molecule has 5 rings (SSSR count). The first-order valence-corrected chi connectivity index (χ1v) is 13.1. The minimum Gasteiger partial charge on any atom is -0.480 e. The number of hydrogen-bond acceptors (Lipinski definition) is 7. The van der Waals surface area contributed by atoms with E-state index < -0.39 is 30.1 Å². The summed E-state index contributed by atoms with van der Waals surface area (Å²) in [5.41, 5.74) is 5.40. The first-order chi connectivity index (χ1) is 19.9. The molecule has 1 aliphatic carbocycles. The third kappa shape index (κ3) is 6.28. The highest BCUT2D eigenvalue weighted by atomic mass is 16.5. The van der Waals surface area contributed by atoms with Gasteiger partial charge in [-0.1, -0.05) is 84.0 Å².